The van der Waals surface area contributed by atoms with Crippen LogP contribution in [0.4, 0.5) is 0 Å². The molecule has 2 amide bonds. The number of hydrazine groups is 1. The van der Waals surface area contributed by atoms with Gasteiger partial charge in [0.15, 0.2) is 0 Å². The van der Waals surface area contributed by atoms with Crippen molar-refractivity contribution in [3.8, 4) is 5.75 Å². The van der Waals surface area contributed by atoms with Crippen LogP contribution in [0.2, 0.25) is 0 Å². The number of nitrogens with zero attached hydrogens (tertiary/aromatic N) is 1. The second-order valence-electron chi connectivity index (χ2n) is 5.86. The molecule has 0 aliphatic carbocycles. The minimum atomic E-state index is -0.457. The molecule has 2 N–H and O–H groups in total. The van der Waals surface area contributed by atoms with Crippen molar-refractivity contribution in [2.45, 2.75) is 12.8 Å². The van der Waals surface area contributed by atoms with Gasteiger partial charge in [-0.05, 0) is 52.2 Å². The quantitative estimate of drug-likeness (QED) is 0.611. The van der Waals surface area contributed by atoms with Gasteiger partial charge in [0, 0.05) is 11.8 Å². The van der Waals surface area contributed by atoms with Gasteiger partial charge in [0.1, 0.15) is 11.4 Å². The lowest BCUT2D eigenvalue weighted by Crippen LogP contribution is -2.42. The molecule has 0 bridgehead atoms. The summed E-state index contributed by atoms with van der Waals surface area (Å²) < 4.78 is 6.01. The van der Waals surface area contributed by atoms with E-state index in [9.17, 15) is 9.59 Å². The van der Waals surface area contributed by atoms with Gasteiger partial charge in [-0.15, -0.1) is 0 Å². The molecule has 0 saturated carbocycles. The summed E-state index contributed by atoms with van der Waals surface area (Å²) in [6.07, 6.45) is 0.780. The van der Waals surface area contributed by atoms with Crippen LogP contribution in [-0.4, -0.2) is 23.9 Å². The SMILES string of the molecule is COc1ccc(CCC(=O)NNC(=O)c2ccc3ccccc3n2)cc1Br. The summed E-state index contributed by atoms with van der Waals surface area (Å²) in [7, 11) is 1.60. The Balaban J connectivity index is 1.52. The number of methoxy groups -OCH3 is 1. The van der Waals surface area contributed by atoms with E-state index in [4.69, 9.17) is 4.74 Å². The van der Waals surface area contributed by atoms with Crippen LogP contribution in [0.5, 0.6) is 5.75 Å². The van der Waals surface area contributed by atoms with E-state index < -0.39 is 5.91 Å². The molecule has 7 heteroatoms. The molecule has 0 spiro atoms. The molecule has 3 aromatic rings. The van der Waals surface area contributed by atoms with Gasteiger partial charge in [0.25, 0.3) is 5.91 Å². The maximum Gasteiger partial charge on any atom is 0.288 e. The molecule has 2 aromatic carbocycles. The molecule has 0 saturated heterocycles. The second-order valence-corrected chi connectivity index (χ2v) is 6.71. The third-order valence-corrected chi connectivity index (χ3v) is 4.62. The lowest BCUT2D eigenvalue weighted by molar-refractivity contribution is -0.121. The number of halogens is 1. The lowest BCUT2D eigenvalue weighted by atomic mass is 10.1. The van der Waals surface area contributed by atoms with Crippen molar-refractivity contribution in [1.82, 2.24) is 15.8 Å². The Morgan fingerprint density at radius 2 is 1.89 bits per heavy atom. The molecule has 0 aliphatic rings. The van der Waals surface area contributed by atoms with Gasteiger partial charge in [-0.2, -0.15) is 0 Å². The van der Waals surface area contributed by atoms with Crippen molar-refractivity contribution < 1.29 is 14.3 Å². The van der Waals surface area contributed by atoms with Crippen molar-refractivity contribution in [2.75, 3.05) is 7.11 Å². The van der Waals surface area contributed by atoms with E-state index in [0.717, 1.165) is 26.7 Å². The van der Waals surface area contributed by atoms with Crippen LogP contribution in [0.1, 0.15) is 22.5 Å². The number of aromatic nitrogens is 1. The number of carbonyl (C=O) groups is 2. The van der Waals surface area contributed by atoms with Crippen molar-refractivity contribution >= 4 is 38.6 Å². The number of nitrogens with one attached hydrogen (secondary N) is 2. The normalized spacial score (nSPS) is 10.4. The number of carbonyl (C=O) groups excluding carboxylic acids is 2. The van der Waals surface area contributed by atoms with Gasteiger partial charge < -0.3 is 4.74 Å². The van der Waals surface area contributed by atoms with Crippen molar-refractivity contribution in [3.63, 3.8) is 0 Å². The van der Waals surface area contributed by atoms with Crippen LogP contribution in [0.15, 0.2) is 59.1 Å². The molecule has 0 radical (unpaired) electrons. The minimum Gasteiger partial charge on any atom is -0.496 e. The highest BCUT2D eigenvalue weighted by Gasteiger charge is 2.10. The summed E-state index contributed by atoms with van der Waals surface area (Å²) in [5, 5.41) is 0.948. The highest BCUT2D eigenvalue weighted by Crippen LogP contribution is 2.25. The molecule has 0 atom stereocenters. The molecule has 1 aromatic heterocycles. The summed E-state index contributed by atoms with van der Waals surface area (Å²) >= 11 is 3.42. The predicted molar refractivity (Wildman–Crippen MR) is 106 cm³/mol. The number of hydrogen-bond acceptors (Lipinski definition) is 4. The van der Waals surface area contributed by atoms with Gasteiger partial charge in [0.05, 0.1) is 17.1 Å². The Morgan fingerprint density at radius 1 is 1.07 bits per heavy atom. The molecule has 27 heavy (non-hydrogen) atoms. The number of aryl methyl sites for hydroxylation is 1. The second kappa shape index (κ2) is 8.64. The molecule has 3 rings (SSSR count). The van der Waals surface area contributed by atoms with E-state index in [-0.39, 0.29) is 18.0 Å². The summed E-state index contributed by atoms with van der Waals surface area (Å²) in [6, 6.07) is 16.6. The molecular formula is C20H18BrN3O3. The van der Waals surface area contributed by atoms with E-state index >= 15 is 0 Å². The molecule has 0 fully saturated rings. The zero-order valence-corrected chi connectivity index (χ0v) is 16.2. The first-order valence-corrected chi connectivity index (χ1v) is 9.13. The van der Waals surface area contributed by atoms with Gasteiger partial charge >= 0.3 is 0 Å². The average Bonchev–Trinajstić information content (AvgIpc) is 2.70. The Hall–Kier alpha value is -2.93. The highest BCUT2D eigenvalue weighted by atomic mass is 79.9. The van der Waals surface area contributed by atoms with Gasteiger partial charge in [0.2, 0.25) is 5.91 Å². The van der Waals surface area contributed by atoms with Crippen LogP contribution in [0.25, 0.3) is 10.9 Å². The molecule has 0 unspecified atom stereocenters. The molecule has 1 heterocycles. The predicted octanol–water partition coefficient (Wildman–Crippen LogP) is 3.40. The standard InChI is InChI=1S/C20H18BrN3O3/c1-27-18-10-6-13(12-15(18)21)7-11-19(25)23-24-20(26)17-9-8-14-4-2-3-5-16(14)22-17/h2-6,8-10,12H,7,11H2,1H3,(H,23,25)(H,24,26). The van der Waals surface area contributed by atoms with E-state index in [1.165, 1.54) is 0 Å². The molecular weight excluding hydrogens is 410 g/mol. The first-order chi connectivity index (χ1) is 13.1. The first-order valence-electron chi connectivity index (χ1n) is 8.34. The van der Waals surface area contributed by atoms with Crippen molar-refractivity contribution in [1.29, 1.82) is 0 Å². The van der Waals surface area contributed by atoms with Crippen LogP contribution in [0.3, 0.4) is 0 Å². The smallest absolute Gasteiger partial charge is 0.288 e. The summed E-state index contributed by atoms with van der Waals surface area (Å²) in [6.45, 7) is 0. The monoisotopic (exact) mass is 427 g/mol. The van der Waals surface area contributed by atoms with Gasteiger partial charge in [-0.25, -0.2) is 4.98 Å². The Bertz CT molecular complexity index is 991. The van der Waals surface area contributed by atoms with Crippen LogP contribution in [0, 0.1) is 0 Å². The number of ether oxygens (including phenoxy) is 1. The fourth-order valence-electron chi connectivity index (χ4n) is 2.57. The van der Waals surface area contributed by atoms with Crippen molar-refractivity contribution in [3.05, 3.63) is 70.3 Å². The zero-order valence-electron chi connectivity index (χ0n) is 14.7. The van der Waals surface area contributed by atoms with Crippen LogP contribution in [-0.2, 0) is 11.2 Å². The zero-order chi connectivity index (χ0) is 19.2. The molecule has 138 valence electrons. The third-order valence-electron chi connectivity index (χ3n) is 4.00. The van der Waals surface area contributed by atoms with Crippen molar-refractivity contribution in [2.24, 2.45) is 0 Å². The van der Waals surface area contributed by atoms with E-state index in [2.05, 4.69) is 31.8 Å². The Morgan fingerprint density at radius 3 is 2.67 bits per heavy atom. The third kappa shape index (κ3) is 4.83. The molecule has 0 aliphatic heterocycles. The lowest BCUT2D eigenvalue weighted by Gasteiger charge is -2.09. The van der Waals surface area contributed by atoms with E-state index in [1.807, 2.05) is 48.5 Å². The number of fused-ring (bicyclic) bond motifs is 1. The van der Waals surface area contributed by atoms with Gasteiger partial charge in [-0.1, -0.05) is 30.3 Å². The Labute approximate surface area is 165 Å². The fraction of sp³-hybridized carbons (Fsp3) is 0.150. The summed E-state index contributed by atoms with van der Waals surface area (Å²) in [5.74, 6) is -0.00396. The number of rotatable bonds is 5. The van der Waals surface area contributed by atoms with Crippen LogP contribution >= 0.6 is 15.9 Å². The number of pyridine rings is 1. The summed E-state index contributed by atoms with van der Waals surface area (Å²) in [5.41, 5.74) is 6.77. The van der Waals surface area contributed by atoms with Crippen LogP contribution < -0.4 is 15.6 Å². The summed E-state index contributed by atoms with van der Waals surface area (Å²) in [4.78, 5) is 28.5. The van der Waals surface area contributed by atoms with E-state index in [0.29, 0.717) is 6.42 Å². The van der Waals surface area contributed by atoms with E-state index in [1.54, 1.807) is 13.2 Å². The maximum atomic E-state index is 12.2. The molecule has 6 nitrogen and oxygen atoms in total. The number of amides is 2. The average molecular weight is 428 g/mol. The highest BCUT2D eigenvalue weighted by molar-refractivity contribution is 9.10. The number of hydrogen-bond donors (Lipinski definition) is 2. The number of benzene rings is 2. The maximum absolute atomic E-state index is 12.2. The Kier molecular flexibility index (Phi) is 6.03. The van der Waals surface area contributed by atoms with Gasteiger partial charge in [-0.3, -0.25) is 20.4 Å². The number of para-hydroxylation sites is 1. The minimum absolute atomic E-state index is 0.240. The topological polar surface area (TPSA) is 80.3 Å². The first kappa shape index (κ1) is 18.8. The fourth-order valence-corrected chi connectivity index (χ4v) is 3.16. The largest absolute Gasteiger partial charge is 0.496 e.